The summed E-state index contributed by atoms with van der Waals surface area (Å²) in [6, 6.07) is 6.55. The van der Waals surface area contributed by atoms with Gasteiger partial charge in [0.1, 0.15) is 6.54 Å². The first kappa shape index (κ1) is 16.0. The molecule has 0 aromatic heterocycles. The van der Waals surface area contributed by atoms with Crippen molar-refractivity contribution in [1.29, 1.82) is 0 Å². The normalized spacial score (nSPS) is 11.7. The Morgan fingerprint density at radius 3 is 2.20 bits per heavy atom. The van der Waals surface area contributed by atoms with Gasteiger partial charge in [-0.15, -0.1) is 0 Å². The van der Waals surface area contributed by atoms with Crippen molar-refractivity contribution in [3.05, 3.63) is 29.8 Å². The number of nitrogens with zero attached hydrogens (tertiary/aromatic N) is 2. The summed E-state index contributed by atoms with van der Waals surface area (Å²) in [6.07, 6.45) is -0.542. The van der Waals surface area contributed by atoms with Gasteiger partial charge in [0.15, 0.2) is 0 Å². The van der Waals surface area contributed by atoms with Crippen molar-refractivity contribution in [3.63, 3.8) is 0 Å². The number of hydrogen-bond donors (Lipinski definition) is 2. The van der Waals surface area contributed by atoms with Crippen LogP contribution in [0.15, 0.2) is 24.3 Å². The molecule has 0 heterocycles. The van der Waals surface area contributed by atoms with Crippen molar-refractivity contribution in [3.8, 4) is 0 Å². The van der Waals surface area contributed by atoms with Gasteiger partial charge in [-0.1, -0.05) is 12.1 Å². The number of nitrogens with one attached hydrogen (secondary N) is 1. The monoisotopic (exact) mass is 279 g/mol. The minimum absolute atomic E-state index is 0.0184. The van der Waals surface area contributed by atoms with Crippen LogP contribution in [0.3, 0.4) is 0 Å². The minimum Gasteiger partial charge on any atom is -0.389 e. The number of urea groups is 1. The van der Waals surface area contributed by atoms with Gasteiger partial charge in [0.05, 0.1) is 6.10 Å². The van der Waals surface area contributed by atoms with E-state index in [1.54, 1.807) is 52.3 Å². The van der Waals surface area contributed by atoms with Crippen LogP contribution in [0.5, 0.6) is 0 Å². The molecule has 6 nitrogen and oxygen atoms in total. The molecule has 1 unspecified atom stereocenters. The van der Waals surface area contributed by atoms with Gasteiger partial charge in [0, 0.05) is 26.8 Å². The van der Waals surface area contributed by atoms with Crippen LogP contribution in [0.25, 0.3) is 0 Å². The number of carbonyl (C=O) groups excluding carboxylic acids is 2. The molecular formula is C14H21N3O3. The number of amides is 3. The lowest BCUT2D eigenvalue weighted by Crippen LogP contribution is -2.39. The Bertz CT molecular complexity index is 469. The maximum atomic E-state index is 11.9. The predicted molar refractivity (Wildman–Crippen MR) is 77.4 cm³/mol. The lowest BCUT2D eigenvalue weighted by molar-refractivity contribution is -0.129. The lowest BCUT2D eigenvalue weighted by atomic mass is 10.1. The third-order valence-electron chi connectivity index (χ3n) is 2.86. The van der Waals surface area contributed by atoms with Crippen molar-refractivity contribution in [2.75, 3.05) is 33.0 Å². The second-order valence-electron chi connectivity index (χ2n) is 4.87. The topological polar surface area (TPSA) is 72.9 Å². The van der Waals surface area contributed by atoms with E-state index in [0.717, 1.165) is 5.56 Å². The van der Waals surface area contributed by atoms with Crippen molar-refractivity contribution in [2.45, 2.75) is 13.0 Å². The van der Waals surface area contributed by atoms with E-state index in [1.807, 2.05) is 0 Å². The zero-order chi connectivity index (χ0) is 15.3. The molecule has 0 saturated carbocycles. The van der Waals surface area contributed by atoms with Crippen LogP contribution in [0.4, 0.5) is 10.5 Å². The van der Waals surface area contributed by atoms with E-state index in [0.29, 0.717) is 5.69 Å². The summed E-state index contributed by atoms with van der Waals surface area (Å²) >= 11 is 0. The molecule has 0 bridgehead atoms. The summed E-state index contributed by atoms with van der Waals surface area (Å²) in [5, 5.41) is 12.1. The van der Waals surface area contributed by atoms with Crippen molar-refractivity contribution < 1.29 is 14.7 Å². The van der Waals surface area contributed by atoms with E-state index in [4.69, 9.17) is 0 Å². The fraction of sp³-hybridized carbons (Fsp3) is 0.429. The smallest absolute Gasteiger partial charge is 0.322 e. The molecule has 3 amide bonds. The van der Waals surface area contributed by atoms with E-state index in [2.05, 4.69) is 5.32 Å². The van der Waals surface area contributed by atoms with Gasteiger partial charge in [0.25, 0.3) is 0 Å². The second kappa shape index (κ2) is 6.91. The largest absolute Gasteiger partial charge is 0.389 e. The average molecular weight is 279 g/mol. The third kappa shape index (κ3) is 4.55. The van der Waals surface area contributed by atoms with E-state index in [-0.39, 0.29) is 18.5 Å². The highest BCUT2D eigenvalue weighted by molar-refractivity contribution is 5.92. The average Bonchev–Trinajstić information content (AvgIpc) is 2.38. The maximum Gasteiger partial charge on any atom is 0.322 e. The van der Waals surface area contributed by atoms with Crippen LogP contribution in [0.1, 0.15) is 18.6 Å². The van der Waals surface area contributed by atoms with Gasteiger partial charge in [-0.25, -0.2) is 4.79 Å². The van der Waals surface area contributed by atoms with Gasteiger partial charge in [-0.2, -0.15) is 0 Å². The van der Waals surface area contributed by atoms with Crippen molar-refractivity contribution in [1.82, 2.24) is 9.80 Å². The molecule has 0 spiro atoms. The zero-order valence-corrected chi connectivity index (χ0v) is 12.3. The molecule has 1 rings (SSSR count). The van der Waals surface area contributed by atoms with Crippen LogP contribution in [0.2, 0.25) is 0 Å². The van der Waals surface area contributed by atoms with Crippen LogP contribution in [-0.2, 0) is 4.79 Å². The molecule has 6 heteroatoms. The van der Waals surface area contributed by atoms with E-state index in [9.17, 15) is 14.7 Å². The number of benzene rings is 1. The number of carbonyl (C=O) groups is 2. The number of aliphatic hydroxyl groups is 1. The zero-order valence-electron chi connectivity index (χ0n) is 12.3. The first-order chi connectivity index (χ1) is 9.31. The Balaban J connectivity index is 2.59. The van der Waals surface area contributed by atoms with E-state index in [1.165, 1.54) is 9.80 Å². The minimum atomic E-state index is -0.542. The number of aliphatic hydroxyl groups excluding tert-OH is 1. The summed E-state index contributed by atoms with van der Waals surface area (Å²) in [6.45, 7) is 1.69. The van der Waals surface area contributed by atoms with E-state index < -0.39 is 6.10 Å². The Morgan fingerprint density at radius 2 is 1.75 bits per heavy atom. The molecular weight excluding hydrogens is 258 g/mol. The van der Waals surface area contributed by atoms with Crippen LogP contribution in [-0.4, -0.2) is 54.5 Å². The highest BCUT2D eigenvalue weighted by Crippen LogP contribution is 2.15. The van der Waals surface area contributed by atoms with E-state index >= 15 is 0 Å². The number of likely N-dealkylation sites (N-methyl/N-ethyl adjacent to an activating group) is 2. The molecule has 110 valence electrons. The SMILES string of the molecule is CC(O)c1ccc(NC(=O)N(C)CC(=O)N(C)C)cc1. The molecule has 0 aliphatic heterocycles. The summed E-state index contributed by atoms with van der Waals surface area (Å²) in [7, 11) is 4.84. The quantitative estimate of drug-likeness (QED) is 0.872. The summed E-state index contributed by atoms with van der Waals surface area (Å²) in [5.74, 6) is -0.146. The number of rotatable bonds is 4. The molecule has 1 atom stereocenters. The molecule has 20 heavy (non-hydrogen) atoms. The molecule has 0 radical (unpaired) electrons. The molecule has 2 N–H and O–H groups in total. The van der Waals surface area contributed by atoms with Crippen LogP contribution < -0.4 is 5.32 Å². The molecule has 1 aromatic rings. The molecule has 0 aliphatic carbocycles. The number of hydrogen-bond acceptors (Lipinski definition) is 3. The van der Waals surface area contributed by atoms with Crippen LogP contribution >= 0.6 is 0 Å². The van der Waals surface area contributed by atoms with Crippen LogP contribution in [0, 0.1) is 0 Å². The van der Waals surface area contributed by atoms with Gasteiger partial charge < -0.3 is 20.2 Å². The molecule has 0 saturated heterocycles. The van der Waals surface area contributed by atoms with Crippen molar-refractivity contribution >= 4 is 17.6 Å². The highest BCUT2D eigenvalue weighted by Gasteiger charge is 2.14. The Kier molecular flexibility index (Phi) is 5.52. The number of anilines is 1. The fourth-order valence-electron chi connectivity index (χ4n) is 1.48. The first-order valence-electron chi connectivity index (χ1n) is 6.31. The molecule has 0 aliphatic rings. The predicted octanol–water partition coefficient (Wildman–Crippen LogP) is 1.29. The van der Waals surface area contributed by atoms with Gasteiger partial charge in [0.2, 0.25) is 5.91 Å². The molecule has 0 fully saturated rings. The highest BCUT2D eigenvalue weighted by atomic mass is 16.3. The fourth-order valence-corrected chi connectivity index (χ4v) is 1.48. The van der Waals surface area contributed by atoms with Gasteiger partial charge >= 0.3 is 6.03 Å². The molecule has 1 aromatic carbocycles. The maximum absolute atomic E-state index is 11.9. The lowest BCUT2D eigenvalue weighted by Gasteiger charge is -2.19. The first-order valence-corrected chi connectivity index (χ1v) is 6.31. The third-order valence-corrected chi connectivity index (χ3v) is 2.86. The Hall–Kier alpha value is -2.08. The summed E-state index contributed by atoms with van der Waals surface area (Å²) in [5.41, 5.74) is 1.39. The second-order valence-corrected chi connectivity index (χ2v) is 4.87. The van der Waals surface area contributed by atoms with Gasteiger partial charge in [-0.3, -0.25) is 4.79 Å². The Labute approximate surface area is 119 Å². The Morgan fingerprint density at radius 1 is 1.20 bits per heavy atom. The van der Waals surface area contributed by atoms with Gasteiger partial charge in [-0.05, 0) is 24.6 Å². The summed E-state index contributed by atoms with van der Waals surface area (Å²) < 4.78 is 0. The standard InChI is InChI=1S/C14H21N3O3/c1-10(18)11-5-7-12(8-6-11)15-14(20)17(4)9-13(19)16(2)3/h5-8,10,18H,9H2,1-4H3,(H,15,20). The summed E-state index contributed by atoms with van der Waals surface area (Å²) in [4.78, 5) is 26.1. The van der Waals surface area contributed by atoms with Crippen molar-refractivity contribution in [2.24, 2.45) is 0 Å².